The van der Waals surface area contributed by atoms with Crippen LogP contribution < -0.4 is 5.84 Å². The van der Waals surface area contributed by atoms with Gasteiger partial charge in [-0.15, -0.1) is 5.10 Å². The standard InChI is InChI=1S/C14H12N4/c15-18-14(12-9-5-2-6-10-12)13(16-17-18)11-7-3-1-4-8-11/h1-10H,15H2. The summed E-state index contributed by atoms with van der Waals surface area (Å²) in [7, 11) is 0. The van der Waals surface area contributed by atoms with E-state index in [0.717, 1.165) is 22.5 Å². The Morgan fingerprint density at radius 2 is 1.33 bits per heavy atom. The molecule has 3 rings (SSSR count). The van der Waals surface area contributed by atoms with E-state index in [4.69, 9.17) is 5.84 Å². The van der Waals surface area contributed by atoms with Crippen molar-refractivity contribution in [2.75, 3.05) is 5.84 Å². The van der Waals surface area contributed by atoms with Crippen molar-refractivity contribution < 1.29 is 0 Å². The van der Waals surface area contributed by atoms with Crippen LogP contribution in [-0.2, 0) is 0 Å². The van der Waals surface area contributed by atoms with Crippen LogP contribution in [0.3, 0.4) is 0 Å². The molecule has 0 unspecified atom stereocenters. The minimum Gasteiger partial charge on any atom is -0.321 e. The normalized spacial score (nSPS) is 10.4. The fourth-order valence-corrected chi connectivity index (χ4v) is 1.95. The maximum atomic E-state index is 5.85. The Morgan fingerprint density at radius 3 is 1.94 bits per heavy atom. The van der Waals surface area contributed by atoms with Gasteiger partial charge in [0.05, 0.1) is 0 Å². The zero-order valence-corrected chi connectivity index (χ0v) is 9.69. The van der Waals surface area contributed by atoms with Crippen LogP contribution in [0.1, 0.15) is 0 Å². The minimum absolute atomic E-state index is 0.796. The van der Waals surface area contributed by atoms with E-state index in [9.17, 15) is 0 Å². The second kappa shape index (κ2) is 4.33. The number of rotatable bonds is 2. The Balaban J connectivity index is 2.19. The molecule has 2 N–H and O–H groups in total. The SMILES string of the molecule is Nn1nnc(-c2ccccc2)c1-c1ccccc1. The van der Waals surface area contributed by atoms with Crippen molar-refractivity contribution in [1.29, 1.82) is 0 Å². The molecular weight excluding hydrogens is 224 g/mol. The summed E-state index contributed by atoms with van der Waals surface area (Å²) in [5.41, 5.74) is 3.63. The third-order valence-electron chi connectivity index (χ3n) is 2.79. The van der Waals surface area contributed by atoms with Crippen LogP contribution in [0, 0.1) is 0 Å². The van der Waals surface area contributed by atoms with Gasteiger partial charge in [0.2, 0.25) is 0 Å². The first-order valence-electron chi connectivity index (χ1n) is 5.68. The molecule has 0 saturated heterocycles. The summed E-state index contributed by atoms with van der Waals surface area (Å²) in [6.07, 6.45) is 0. The third-order valence-corrected chi connectivity index (χ3v) is 2.79. The third kappa shape index (κ3) is 1.73. The molecule has 0 aliphatic heterocycles. The molecule has 3 aromatic rings. The number of benzene rings is 2. The number of hydrogen-bond donors (Lipinski definition) is 1. The molecule has 4 nitrogen and oxygen atoms in total. The van der Waals surface area contributed by atoms with E-state index in [1.807, 2.05) is 60.7 Å². The lowest BCUT2D eigenvalue weighted by Gasteiger charge is -2.04. The number of nitrogens with zero attached hydrogens (tertiary/aromatic N) is 3. The van der Waals surface area contributed by atoms with Gasteiger partial charge < -0.3 is 5.84 Å². The Bertz CT molecular complexity index is 644. The highest BCUT2D eigenvalue weighted by molar-refractivity contribution is 5.77. The summed E-state index contributed by atoms with van der Waals surface area (Å²) in [5.74, 6) is 5.85. The predicted octanol–water partition coefficient (Wildman–Crippen LogP) is 2.33. The molecule has 88 valence electrons. The Labute approximate surface area is 105 Å². The first-order valence-corrected chi connectivity index (χ1v) is 5.68. The Kier molecular flexibility index (Phi) is 2.53. The van der Waals surface area contributed by atoms with Crippen LogP contribution in [0.25, 0.3) is 22.5 Å². The summed E-state index contributed by atoms with van der Waals surface area (Å²) in [6, 6.07) is 19.8. The topological polar surface area (TPSA) is 56.7 Å². The number of nitrogen functional groups attached to an aromatic ring is 1. The highest BCUT2D eigenvalue weighted by Gasteiger charge is 2.14. The van der Waals surface area contributed by atoms with Gasteiger partial charge in [0.25, 0.3) is 0 Å². The van der Waals surface area contributed by atoms with Gasteiger partial charge in [-0.05, 0) is 5.21 Å². The Hall–Kier alpha value is -2.62. The molecule has 1 heterocycles. The summed E-state index contributed by atoms with van der Waals surface area (Å²) < 4.78 is 0. The van der Waals surface area contributed by atoms with Gasteiger partial charge in [-0.3, -0.25) is 0 Å². The van der Waals surface area contributed by atoms with Crippen molar-refractivity contribution in [3.63, 3.8) is 0 Å². The van der Waals surface area contributed by atoms with Crippen molar-refractivity contribution in [3.05, 3.63) is 60.7 Å². The molecule has 0 amide bonds. The van der Waals surface area contributed by atoms with Gasteiger partial charge in [-0.2, -0.15) is 4.79 Å². The van der Waals surface area contributed by atoms with E-state index in [2.05, 4.69) is 10.3 Å². The van der Waals surface area contributed by atoms with E-state index in [1.54, 1.807) is 0 Å². The van der Waals surface area contributed by atoms with Gasteiger partial charge in [-0.25, -0.2) is 0 Å². The van der Waals surface area contributed by atoms with Crippen LogP contribution in [0.15, 0.2) is 60.7 Å². The quantitative estimate of drug-likeness (QED) is 0.695. The summed E-state index contributed by atoms with van der Waals surface area (Å²) in [6.45, 7) is 0. The lowest BCUT2D eigenvalue weighted by Crippen LogP contribution is -2.11. The summed E-state index contributed by atoms with van der Waals surface area (Å²) in [4.78, 5) is 1.32. The van der Waals surface area contributed by atoms with E-state index < -0.39 is 0 Å². The molecule has 0 spiro atoms. The van der Waals surface area contributed by atoms with Crippen molar-refractivity contribution >= 4 is 0 Å². The fraction of sp³-hybridized carbons (Fsp3) is 0. The molecule has 0 atom stereocenters. The van der Waals surface area contributed by atoms with Crippen LogP contribution in [-0.4, -0.2) is 15.1 Å². The maximum Gasteiger partial charge on any atom is 0.123 e. The molecule has 0 bridgehead atoms. The van der Waals surface area contributed by atoms with Crippen LogP contribution in [0.2, 0.25) is 0 Å². The van der Waals surface area contributed by atoms with Crippen molar-refractivity contribution in [3.8, 4) is 22.5 Å². The van der Waals surface area contributed by atoms with E-state index in [-0.39, 0.29) is 0 Å². The van der Waals surface area contributed by atoms with E-state index >= 15 is 0 Å². The lowest BCUT2D eigenvalue weighted by molar-refractivity contribution is 0.771. The minimum atomic E-state index is 0.796. The largest absolute Gasteiger partial charge is 0.321 e. The zero-order valence-electron chi connectivity index (χ0n) is 9.69. The molecule has 0 aliphatic rings. The van der Waals surface area contributed by atoms with Gasteiger partial charge in [0.15, 0.2) is 0 Å². The van der Waals surface area contributed by atoms with Gasteiger partial charge >= 0.3 is 0 Å². The molecule has 0 saturated carbocycles. The second-order valence-corrected chi connectivity index (χ2v) is 3.96. The first-order chi connectivity index (χ1) is 8.86. The number of hydrogen-bond acceptors (Lipinski definition) is 3. The monoisotopic (exact) mass is 236 g/mol. The van der Waals surface area contributed by atoms with Gasteiger partial charge in [0.1, 0.15) is 11.4 Å². The number of nitrogens with two attached hydrogens (primary N) is 1. The maximum absolute atomic E-state index is 5.85. The lowest BCUT2D eigenvalue weighted by atomic mass is 10.1. The van der Waals surface area contributed by atoms with Crippen molar-refractivity contribution in [2.24, 2.45) is 0 Å². The van der Waals surface area contributed by atoms with Crippen LogP contribution >= 0.6 is 0 Å². The van der Waals surface area contributed by atoms with Gasteiger partial charge in [0, 0.05) is 11.1 Å². The Morgan fingerprint density at radius 1 is 0.778 bits per heavy atom. The van der Waals surface area contributed by atoms with E-state index in [0.29, 0.717) is 0 Å². The molecule has 1 aromatic heterocycles. The molecule has 0 fully saturated rings. The highest BCUT2D eigenvalue weighted by Crippen LogP contribution is 2.28. The molecule has 0 aliphatic carbocycles. The molecule has 4 heteroatoms. The first kappa shape index (κ1) is 10.5. The fourth-order valence-electron chi connectivity index (χ4n) is 1.95. The molecule has 18 heavy (non-hydrogen) atoms. The van der Waals surface area contributed by atoms with Crippen LogP contribution in [0.5, 0.6) is 0 Å². The van der Waals surface area contributed by atoms with Crippen LogP contribution in [0.4, 0.5) is 0 Å². The average Bonchev–Trinajstić information content (AvgIpc) is 2.83. The van der Waals surface area contributed by atoms with Crippen molar-refractivity contribution in [1.82, 2.24) is 15.1 Å². The van der Waals surface area contributed by atoms with Gasteiger partial charge in [-0.1, -0.05) is 60.7 Å². The van der Waals surface area contributed by atoms with E-state index in [1.165, 1.54) is 4.79 Å². The second-order valence-electron chi connectivity index (χ2n) is 3.96. The predicted molar refractivity (Wildman–Crippen MR) is 71.0 cm³/mol. The zero-order chi connectivity index (χ0) is 12.4. The summed E-state index contributed by atoms with van der Waals surface area (Å²) in [5, 5.41) is 8.06. The number of aromatic nitrogens is 3. The molecule has 0 radical (unpaired) electrons. The summed E-state index contributed by atoms with van der Waals surface area (Å²) >= 11 is 0. The smallest absolute Gasteiger partial charge is 0.123 e. The highest BCUT2D eigenvalue weighted by atomic mass is 15.6. The molecule has 2 aromatic carbocycles. The van der Waals surface area contributed by atoms with Crippen molar-refractivity contribution in [2.45, 2.75) is 0 Å². The average molecular weight is 236 g/mol. The molecular formula is C14H12N4.